The number of benzene rings is 1. The molecule has 3 heteroatoms. The van der Waals surface area contributed by atoms with Crippen molar-refractivity contribution in [3.05, 3.63) is 23.8 Å². The van der Waals surface area contributed by atoms with E-state index in [4.69, 9.17) is 9.47 Å². The minimum absolute atomic E-state index is 0.431. The smallest absolute Gasteiger partial charge is 0.161 e. The second-order valence-electron chi connectivity index (χ2n) is 3.97. The predicted octanol–water partition coefficient (Wildman–Crippen LogP) is 3.29. The standard InChI is InChI=1S/C14H19NO2/c1-5-14(6-2,10-15)11-7-8-12(16-3)13(9-11)17-4/h7-9H,5-6H2,1-4H3. The highest BCUT2D eigenvalue weighted by molar-refractivity contribution is 5.47. The Morgan fingerprint density at radius 3 is 2.12 bits per heavy atom. The number of hydrogen-bond acceptors (Lipinski definition) is 3. The largest absolute Gasteiger partial charge is 0.493 e. The maximum atomic E-state index is 9.40. The van der Waals surface area contributed by atoms with Gasteiger partial charge in [0.1, 0.15) is 0 Å². The van der Waals surface area contributed by atoms with Gasteiger partial charge in [-0.3, -0.25) is 0 Å². The molecule has 1 aromatic rings. The summed E-state index contributed by atoms with van der Waals surface area (Å²) in [6.45, 7) is 4.06. The van der Waals surface area contributed by atoms with Crippen molar-refractivity contribution in [3.63, 3.8) is 0 Å². The topological polar surface area (TPSA) is 42.2 Å². The lowest BCUT2D eigenvalue weighted by Gasteiger charge is -2.24. The maximum absolute atomic E-state index is 9.40. The normalized spacial score (nSPS) is 10.8. The number of hydrogen-bond donors (Lipinski definition) is 0. The molecule has 0 radical (unpaired) electrons. The third-order valence-corrected chi connectivity index (χ3v) is 3.36. The van der Waals surface area contributed by atoms with E-state index in [1.165, 1.54) is 0 Å². The van der Waals surface area contributed by atoms with Crippen LogP contribution in [0.3, 0.4) is 0 Å². The van der Waals surface area contributed by atoms with E-state index >= 15 is 0 Å². The van der Waals surface area contributed by atoms with E-state index in [-0.39, 0.29) is 0 Å². The second-order valence-corrected chi connectivity index (χ2v) is 3.97. The number of rotatable bonds is 5. The molecule has 0 atom stereocenters. The number of nitriles is 1. The summed E-state index contributed by atoms with van der Waals surface area (Å²) >= 11 is 0. The van der Waals surface area contributed by atoms with Gasteiger partial charge in [-0.2, -0.15) is 5.26 Å². The molecule has 92 valence electrons. The van der Waals surface area contributed by atoms with Gasteiger partial charge in [-0.15, -0.1) is 0 Å². The molecule has 0 saturated carbocycles. The lowest BCUT2D eigenvalue weighted by molar-refractivity contribution is 0.353. The molecule has 0 aliphatic heterocycles. The summed E-state index contributed by atoms with van der Waals surface area (Å²) < 4.78 is 10.5. The molecule has 0 fully saturated rings. The van der Waals surface area contributed by atoms with Gasteiger partial charge in [-0.05, 0) is 30.5 Å². The molecule has 0 spiro atoms. The summed E-state index contributed by atoms with van der Waals surface area (Å²) in [6.07, 6.45) is 1.57. The van der Waals surface area contributed by atoms with Crippen LogP contribution in [-0.2, 0) is 5.41 Å². The van der Waals surface area contributed by atoms with Crippen molar-refractivity contribution >= 4 is 0 Å². The van der Waals surface area contributed by atoms with E-state index in [0.29, 0.717) is 11.5 Å². The van der Waals surface area contributed by atoms with Crippen LogP contribution >= 0.6 is 0 Å². The number of nitrogens with zero attached hydrogens (tertiary/aromatic N) is 1. The first-order valence-electron chi connectivity index (χ1n) is 5.81. The molecule has 0 bridgehead atoms. The zero-order valence-corrected chi connectivity index (χ0v) is 10.9. The van der Waals surface area contributed by atoms with Gasteiger partial charge < -0.3 is 9.47 Å². The van der Waals surface area contributed by atoms with Gasteiger partial charge in [0.05, 0.1) is 25.7 Å². The molecule has 3 nitrogen and oxygen atoms in total. The molecule has 0 unspecified atom stereocenters. The van der Waals surface area contributed by atoms with E-state index in [1.54, 1.807) is 14.2 Å². The Bertz CT molecular complexity index is 417. The average molecular weight is 233 g/mol. The van der Waals surface area contributed by atoms with Crippen molar-refractivity contribution in [1.82, 2.24) is 0 Å². The van der Waals surface area contributed by atoms with Gasteiger partial charge in [0.25, 0.3) is 0 Å². The highest BCUT2D eigenvalue weighted by Gasteiger charge is 2.29. The Morgan fingerprint density at radius 1 is 1.12 bits per heavy atom. The molecule has 0 aromatic heterocycles. The van der Waals surface area contributed by atoms with Gasteiger partial charge in [-0.25, -0.2) is 0 Å². The van der Waals surface area contributed by atoms with E-state index in [2.05, 4.69) is 6.07 Å². The Kier molecular flexibility index (Phi) is 4.39. The Morgan fingerprint density at radius 2 is 1.71 bits per heavy atom. The van der Waals surface area contributed by atoms with Crippen LogP contribution in [0.15, 0.2) is 18.2 Å². The molecule has 0 saturated heterocycles. The van der Waals surface area contributed by atoms with Crippen molar-refractivity contribution in [2.45, 2.75) is 32.1 Å². The fourth-order valence-corrected chi connectivity index (χ4v) is 2.01. The van der Waals surface area contributed by atoms with Crippen molar-refractivity contribution in [1.29, 1.82) is 5.26 Å². The molecule has 0 amide bonds. The molecule has 0 aliphatic carbocycles. The lowest BCUT2D eigenvalue weighted by Crippen LogP contribution is -2.21. The van der Waals surface area contributed by atoms with Crippen LogP contribution in [-0.4, -0.2) is 14.2 Å². The Labute approximate surface area is 103 Å². The molecular weight excluding hydrogens is 214 g/mol. The zero-order valence-electron chi connectivity index (χ0n) is 10.9. The number of ether oxygens (including phenoxy) is 2. The molecule has 1 aromatic carbocycles. The molecule has 0 aliphatic rings. The monoisotopic (exact) mass is 233 g/mol. The van der Waals surface area contributed by atoms with Crippen molar-refractivity contribution in [2.24, 2.45) is 0 Å². The van der Waals surface area contributed by atoms with Crippen molar-refractivity contribution < 1.29 is 9.47 Å². The van der Waals surface area contributed by atoms with E-state index in [9.17, 15) is 5.26 Å². The molecule has 17 heavy (non-hydrogen) atoms. The van der Waals surface area contributed by atoms with Gasteiger partial charge in [0.2, 0.25) is 0 Å². The third-order valence-electron chi connectivity index (χ3n) is 3.36. The first-order chi connectivity index (χ1) is 8.17. The number of methoxy groups -OCH3 is 2. The Balaban J connectivity index is 3.28. The minimum atomic E-state index is -0.431. The zero-order chi connectivity index (χ0) is 12.9. The Hall–Kier alpha value is -1.69. The van der Waals surface area contributed by atoms with Crippen LogP contribution in [0.25, 0.3) is 0 Å². The van der Waals surface area contributed by atoms with Gasteiger partial charge in [-0.1, -0.05) is 19.9 Å². The first-order valence-corrected chi connectivity index (χ1v) is 5.81. The SMILES string of the molecule is CCC(C#N)(CC)c1ccc(OC)c(OC)c1. The quantitative estimate of drug-likeness (QED) is 0.783. The van der Waals surface area contributed by atoms with Gasteiger partial charge >= 0.3 is 0 Å². The maximum Gasteiger partial charge on any atom is 0.161 e. The fraction of sp³-hybridized carbons (Fsp3) is 0.500. The van der Waals surface area contributed by atoms with Crippen LogP contribution < -0.4 is 9.47 Å². The highest BCUT2D eigenvalue weighted by atomic mass is 16.5. The molecule has 0 N–H and O–H groups in total. The van der Waals surface area contributed by atoms with Crippen molar-refractivity contribution in [2.75, 3.05) is 14.2 Å². The molecule has 0 heterocycles. The summed E-state index contributed by atoms with van der Waals surface area (Å²) in [5.74, 6) is 1.36. The van der Waals surface area contributed by atoms with Gasteiger partial charge in [0.15, 0.2) is 11.5 Å². The summed E-state index contributed by atoms with van der Waals surface area (Å²) in [7, 11) is 3.21. The fourth-order valence-electron chi connectivity index (χ4n) is 2.01. The lowest BCUT2D eigenvalue weighted by atomic mass is 9.77. The minimum Gasteiger partial charge on any atom is -0.493 e. The molecular formula is C14H19NO2. The summed E-state index contributed by atoms with van der Waals surface area (Å²) in [6, 6.07) is 8.12. The van der Waals surface area contributed by atoms with Crippen LogP contribution in [0.1, 0.15) is 32.3 Å². The van der Waals surface area contributed by atoms with Crippen LogP contribution in [0.5, 0.6) is 11.5 Å². The summed E-state index contributed by atoms with van der Waals surface area (Å²) in [5.41, 5.74) is 0.558. The average Bonchev–Trinajstić information content (AvgIpc) is 2.41. The van der Waals surface area contributed by atoms with E-state index in [1.807, 2.05) is 32.0 Å². The molecule has 1 rings (SSSR count). The van der Waals surface area contributed by atoms with Gasteiger partial charge in [0, 0.05) is 0 Å². The van der Waals surface area contributed by atoms with E-state index in [0.717, 1.165) is 18.4 Å². The van der Waals surface area contributed by atoms with E-state index < -0.39 is 5.41 Å². The summed E-state index contributed by atoms with van der Waals surface area (Å²) in [5, 5.41) is 9.40. The predicted molar refractivity (Wildman–Crippen MR) is 67.4 cm³/mol. The second kappa shape index (κ2) is 5.58. The van der Waals surface area contributed by atoms with Crippen LogP contribution in [0, 0.1) is 11.3 Å². The van der Waals surface area contributed by atoms with Crippen molar-refractivity contribution in [3.8, 4) is 17.6 Å². The third kappa shape index (κ3) is 2.36. The first kappa shape index (κ1) is 13.4. The van der Waals surface area contributed by atoms with Crippen LogP contribution in [0.2, 0.25) is 0 Å². The highest BCUT2D eigenvalue weighted by Crippen LogP contribution is 2.36. The van der Waals surface area contributed by atoms with Crippen LogP contribution in [0.4, 0.5) is 0 Å². The summed E-state index contributed by atoms with van der Waals surface area (Å²) in [4.78, 5) is 0.